The SMILES string of the molecule is CC(C)(C)OC(=O)N[C@@H](CSSC(C)(C)C)C(=O)NCCCC[C@@H]1N[B-]2(OC1=O)C1CCCC2CCC1. The second-order valence-electron chi connectivity index (χ2n) is 12.9. The molecule has 37 heavy (non-hydrogen) atoms. The second kappa shape index (κ2) is 12.9. The standard InChI is InChI=1S/C26H47BN3O5S2/c1-25(2,3)34-24(33)29-21(17-36-37-26(4,5)6)22(31)28-16-8-7-15-20-23(32)35-27(30-20)18-11-9-12-19(27)14-10-13-18/h18-21,30H,7-17H2,1-6H3,(H,28,31)(H,29,33)/q-1/t18?,19?,20-,21-,27?/m0/s1. The summed E-state index contributed by atoms with van der Waals surface area (Å²) in [5.41, 5.74) is -0.635. The van der Waals surface area contributed by atoms with Gasteiger partial charge in [-0.2, -0.15) is 0 Å². The van der Waals surface area contributed by atoms with Crippen molar-refractivity contribution in [2.45, 2.75) is 133 Å². The van der Waals surface area contributed by atoms with Crippen LogP contribution >= 0.6 is 21.6 Å². The van der Waals surface area contributed by atoms with E-state index in [4.69, 9.17) is 9.39 Å². The lowest BCUT2D eigenvalue weighted by Gasteiger charge is -2.55. The van der Waals surface area contributed by atoms with Crippen LogP contribution < -0.4 is 15.9 Å². The van der Waals surface area contributed by atoms with Crippen molar-refractivity contribution in [3.63, 3.8) is 0 Å². The molecule has 212 valence electrons. The maximum atomic E-state index is 12.9. The molecule has 0 saturated carbocycles. The Morgan fingerprint density at radius 2 is 1.70 bits per heavy atom. The molecule has 11 heteroatoms. The van der Waals surface area contributed by atoms with Gasteiger partial charge in [-0.1, -0.05) is 80.9 Å². The van der Waals surface area contributed by atoms with Crippen LogP contribution in [0, 0.1) is 0 Å². The molecule has 1 spiro atoms. The second-order valence-corrected chi connectivity index (χ2v) is 16.1. The van der Waals surface area contributed by atoms with Crippen LogP contribution in [0.4, 0.5) is 4.79 Å². The predicted molar refractivity (Wildman–Crippen MR) is 154 cm³/mol. The van der Waals surface area contributed by atoms with Crippen molar-refractivity contribution in [3.8, 4) is 0 Å². The Bertz CT molecular complexity index is 795. The van der Waals surface area contributed by atoms with Crippen molar-refractivity contribution in [3.05, 3.63) is 0 Å². The fraction of sp³-hybridized carbons (Fsp3) is 0.885. The number of nitrogens with one attached hydrogen (secondary N) is 3. The molecule has 2 bridgehead atoms. The van der Waals surface area contributed by atoms with Crippen molar-refractivity contribution < 1.29 is 23.8 Å². The molecule has 2 atom stereocenters. The van der Waals surface area contributed by atoms with Crippen molar-refractivity contribution >= 4 is 46.0 Å². The summed E-state index contributed by atoms with van der Waals surface area (Å²) < 4.78 is 11.5. The van der Waals surface area contributed by atoms with Gasteiger partial charge < -0.3 is 25.3 Å². The van der Waals surface area contributed by atoms with Crippen molar-refractivity contribution in [2.24, 2.45) is 0 Å². The summed E-state index contributed by atoms with van der Waals surface area (Å²) >= 11 is 0. The lowest BCUT2D eigenvalue weighted by atomic mass is 9.28. The average molecular weight is 557 g/mol. The summed E-state index contributed by atoms with van der Waals surface area (Å²) in [5, 5.41) is 9.38. The first-order valence-corrected chi connectivity index (χ1v) is 16.4. The van der Waals surface area contributed by atoms with Gasteiger partial charge in [-0.05, 0) is 40.0 Å². The van der Waals surface area contributed by atoms with Crippen molar-refractivity contribution in [1.29, 1.82) is 0 Å². The molecular formula is C26H47BN3O5S2-. The molecule has 0 aromatic rings. The summed E-state index contributed by atoms with van der Waals surface area (Å²) in [7, 11) is 3.24. The zero-order chi connectivity index (χ0) is 27.3. The number of hydrogen-bond acceptors (Lipinski definition) is 8. The van der Waals surface area contributed by atoms with Gasteiger partial charge in [0.25, 0.3) is 5.97 Å². The monoisotopic (exact) mass is 556 g/mol. The Balaban J connectivity index is 1.43. The summed E-state index contributed by atoms with van der Waals surface area (Å²) in [6.07, 6.45) is 8.86. The van der Waals surface area contributed by atoms with E-state index < -0.39 is 24.2 Å². The minimum absolute atomic E-state index is 0.0448. The maximum Gasteiger partial charge on any atom is 0.408 e. The molecule has 0 aromatic heterocycles. The third-order valence-corrected chi connectivity index (χ3v) is 10.9. The summed E-state index contributed by atoms with van der Waals surface area (Å²) in [5.74, 6) is 1.15. The molecule has 3 heterocycles. The minimum atomic E-state index is -1.22. The fourth-order valence-corrected chi connectivity index (χ4v) is 8.49. The molecule has 2 amide bonds. The molecule has 3 aliphatic rings. The lowest BCUT2D eigenvalue weighted by molar-refractivity contribution is -0.134. The smallest absolute Gasteiger partial charge is 0.408 e. The van der Waals surface area contributed by atoms with E-state index in [1.807, 2.05) is 0 Å². The first-order chi connectivity index (χ1) is 17.3. The van der Waals surface area contributed by atoms with E-state index in [1.54, 1.807) is 42.4 Å². The zero-order valence-electron chi connectivity index (χ0n) is 23.5. The maximum absolute atomic E-state index is 12.9. The van der Waals surface area contributed by atoms with Crippen LogP contribution in [-0.2, 0) is 19.0 Å². The number of carbonyl (C=O) groups is 3. The molecule has 0 aliphatic carbocycles. The Labute approximate surface area is 231 Å². The van der Waals surface area contributed by atoms with E-state index in [0.29, 0.717) is 23.9 Å². The van der Waals surface area contributed by atoms with Gasteiger partial charge >= 0.3 is 6.09 Å². The van der Waals surface area contributed by atoms with E-state index in [9.17, 15) is 14.4 Å². The zero-order valence-corrected chi connectivity index (χ0v) is 25.2. The molecule has 3 saturated heterocycles. The number of hydrogen-bond donors (Lipinski definition) is 3. The molecule has 0 unspecified atom stereocenters. The molecule has 0 radical (unpaired) electrons. The number of ether oxygens (including phenoxy) is 1. The van der Waals surface area contributed by atoms with Crippen molar-refractivity contribution in [1.82, 2.24) is 15.9 Å². The number of amides is 2. The van der Waals surface area contributed by atoms with Crippen LogP contribution in [0.5, 0.6) is 0 Å². The Morgan fingerprint density at radius 3 is 2.27 bits per heavy atom. The topological polar surface area (TPSA) is 106 Å². The third-order valence-electron chi connectivity index (χ3n) is 7.53. The predicted octanol–water partition coefficient (Wildman–Crippen LogP) is 5.41. The van der Waals surface area contributed by atoms with Gasteiger partial charge in [0.2, 0.25) is 12.4 Å². The highest BCUT2D eigenvalue weighted by atomic mass is 33.1. The van der Waals surface area contributed by atoms with Crippen molar-refractivity contribution in [2.75, 3.05) is 12.3 Å². The van der Waals surface area contributed by atoms with Gasteiger partial charge in [-0.3, -0.25) is 9.59 Å². The Kier molecular flexibility index (Phi) is 10.6. The molecule has 3 aliphatic heterocycles. The summed E-state index contributed by atoms with van der Waals surface area (Å²) in [6.45, 7) is 11.0. The number of alkyl carbamates (subject to hydrolysis) is 1. The van der Waals surface area contributed by atoms with Crippen LogP contribution in [0.25, 0.3) is 0 Å². The summed E-state index contributed by atoms with van der Waals surface area (Å²) in [6, 6.07) is -0.918. The van der Waals surface area contributed by atoms with Crippen LogP contribution in [0.3, 0.4) is 0 Å². The van der Waals surface area contributed by atoms with E-state index in [2.05, 4.69) is 36.6 Å². The number of carbonyl (C=O) groups excluding carboxylic acids is 3. The molecular weight excluding hydrogens is 509 g/mol. The van der Waals surface area contributed by atoms with Crippen LogP contribution in [0.15, 0.2) is 0 Å². The largest absolute Gasteiger partial charge is 0.673 e. The van der Waals surface area contributed by atoms with Crippen LogP contribution in [0.2, 0.25) is 11.6 Å². The lowest BCUT2D eigenvalue weighted by Crippen LogP contribution is -2.60. The quantitative estimate of drug-likeness (QED) is 0.186. The highest BCUT2D eigenvalue weighted by molar-refractivity contribution is 8.77. The average Bonchev–Trinajstić information content (AvgIpc) is 3.06. The van der Waals surface area contributed by atoms with Gasteiger partial charge in [0.1, 0.15) is 11.6 Å². The third kappa shape index (κ3) is 8.99. The molecule has 8 nitrogen and oxygen atoms in total. The van der Waals surface area contributed by atoms with Crippen LogP contribution in [-0.4, -0.2) is 59.2 Å². The fourth-order valence-electron chi connectivity index (χ4n) is 6.02. The van der Waals surface area contributed by atoms with Gasteiger partial charge in [0, 0.05) is 17.0 Å². The molecule has 0 aromatic carbocycles. The highest BCUT2D eigenvalue weighted by Crippen LogP contribution is 2.53. The van der Waals surface area contributed by atoms with Gasteiger partial charge in [-0.25, -0.2) is 4.79 Å². The van der Waals surface area contributed by atoms with E-state index in [-0.39, 0.29) is 22.7 Å². The molecule has 3 fully saturated rings. The molecule has 3 N–H and O–H groups in total. The van der Waals surface area contributed by atoms with Gasteiger partial charge in [-0.15, -0.1) is 11.6 Å². The number of unbranched alkanes of at least 4 members (excludes halogenated alkanes) is 1. The van der Waals surface area contributed by atoms with Crippen LogP contribution in [0.1, 0.15) is 99.3 Å². The Hall–Kier alpha value is -1.07. The van der Waals surface area contributed by atoms with E-state index in [0.717, 1.165) is 19.3 Å². The van der Waals surface area contributed by atoms with E-state index >= 15 is 0 Å². The first-order valence-electron chi connectivity index (χ1n) is 14.0. The van der Waals surface area contributed by atoms with Gasteiger partial charge in [0.05, 0.1) is 6.04 Å². The highest BCUT2D eigenvalue weighted by Gasteiger charge is 2.53. The summed E-state index contributed by atoms with van der Waals surface area (Å²) in [4.78, 5) is 37.9. The van der Waals surface area contributed by atoms with Gasteiger partial charge in [0.15, 0.2) is 0 Å². The normalized spacial score (nSPS) is 28.5. The first kappa shape index (κ1) is 30.5. The molecule has 3 rings (SSSR count). The Morgan fingerprint density at radius 1 is 1.08 bits per heavy atom. The number of rotatable bonds is 10. The van der Waals surface area contributed by atoms with E-state index in [1.165, 1.54) is 38.5 Å². The minimum Gasteiger partial charge on any atom is -0.673 e.